The van der Waals surface area contributed by atoms with Gasteiger partial charge in [-0.2, -0.15) is 0 Å². The van der Waals surface area contributed by atoms with Crippen LogP contribution in [0.15, 0.2) is 48.5 Å². The first-order chi connectivity index (χ1) is 9.20. The van der Waals surface area contributed by atoms with Gasteiger partial charge in [0.2, 0.25) is 0 Å². The molecule has 3 nitrogen and oxygen atoms in total. The number of amides is 1. The third-order valence-electron chi connectivity index (χ3n) is 2.52. The van der Waals surface area contributed by atoms with E-state index in [9.17, 15) is 9.18 Å². The molecule has 0 fully saturated rings. The van der Waals surface area contributed by atoms with Crippen LogP contribution in [0.25, 0.3) is 0 Å². The molecular weight excluding hydrogens is 245 g/mol. The molecule has 1 amide bonds. The Morgan fingerprint density at radius 2 is 2.00 bits per heavy atom. The molecule has 19 heavy (non-hydrogen) atoms. The smallest absolute Gasteiger partial charge is 0.255 e. The molecule has 0 heterocycles. The van der Waals surface area contributed by atoms with E-state index in [1.807, 2.05) is 13.0 Å². The summed E-state index contributed by atoms with van der Waals surface area (Å²) in [6.45, 7) is 2.37. The van der Waals surface area contributed by atoms with Crippen LogP contribution < -0.4 is 10.1 Å². The Balaban J connectivity index is 2.19. The van der Waals surface area contributed by atoms with E-state index in [0.29, 0.717) is 18.0 Å². The van der Waals surface area contributed by atoms with Gasteiger partial charge in [0.1, 0.15) is 11.6 Å². The molecule has 0 unspecified atom stereocenters. The largest absolute Gasteiger partial charge is 0.492 e. The monoisotopic (exact) mass is 259 g/mol. The summed E-state index contributed by atoms with van der Waals surface area (Å²) in [6, 6.07) is 12.7. The Bertz CT molecular complexity index is 584. The summed E-state index contributed by atoms with van der Waals surface area (Å²) >= 11 is 0. The van der Waals surface area contributed by atoms with Crippen LogP contribution in [0.4, 0.5) is 10.1 Å². The van der Waals surface area contributed by atoms with Crippen molar-refractivity contribution in [2.24, 2.45) is 0 Å². The number of anilines is 1. The van der Waals surface area contributed by atoms with E-state index >= 15 is 0 Å². The molecule has 0 aromatic heterocycles. The van der Waals surface area contributed by atoms with Gasteiger partial charge in [0.05, 0.1) is 12.3 Å². The van der Waals surface area contributed by atoms with Gasteiger partial charge in [0.25, 0.3) is 5.91 Å². The fourth-order valence-corrected chi connectivity index (χ4v) is 1.68. The topological polar surface area (TPSA) is 38.3 Å². The van der Waals surface area contributed by atoms with Crippen molar-refractivity contribution in [1.29, 1.82) is 0 Å². The average molecular weight is 259 g/mol. The summed E-state index contributed by atoms with van der Waals surface area (Å²) in [4.78, 5) is 12.0. The number of para-hydroxylation sites is 2. The second-order valence-corrected chi connectivity index (χ2v) is 3.89. The molecule has 2 rings (SSSR count). The number of hydrogen-bond donors (Lipinski definition) is 1. The zero-order valence-corrected chi connectivity index (χ0v) is 10.5. The molecule has 0 aliphatic heterocycles. The van der Waals surface area contributed by atoms with Gasteiger partial charge in [-0.3, -0.25) is 4.79 Å². The minimum absolute atomic E-state index is 0.270. The lowest BCUT2D eigenvalue weighted by Crippen LogP contribution is -2.13. The number of carbonyl (C=O) groups excluding carboxylic acids is 1. The van der Waals surface area contributed by atoms with Crippen molar-refractivity contribution < 1.29 is 13.9 Å². The lowest BCUT2D eigenvalue weighted by molar-refractivity contribution is 0.102. The molecule has 98 valence electrons. The average Bonchev–Trinajstić information content (AvgIpc) is 2.41. The van der Waals surface area contributed by atoms with E-state index in [1.165, 1.54) is 18.2 Å². The number of nitrogens with one attached hydrogen (secondary N) is 1. The van der Waals surface area contributed by atoms with E-state index in [4.69, 9.17) is 4.74 Å². The molecule has 0 spiro atoms. The van der Waals surface area contributed by atoms with Crippen molar-refractivity contribution in [3.05, 3.63) is 59.9 Å². The molecule has 2 aromatic rings. The van der Waals surface area contributed by atoms with E-state index in [1.54, 1.807) is 24.3 Å². The summed E-state index contributed by atoms with van der Waals surface area (Å²) in [7, 11) is 0. The van der Waals surface area contributed by atoms with Crippen LogP contribution in [0, 0.1) is 5.82 Å². The number of ether oxygens (including phenoxy) is 1. The van der Waals surface area contributed by atoms with Gasteiger partial charge in [-0.05, 0) is 37.3 Å². The van der Waals surface area contributed by atoms with E-state index < -0.39 is 5.82 Å². The van der Waals surface area contributed by atoms with Crippen molar-refractivity contribution >= 4 is 11.6 Å². The van der Waals surface area contributed by atoms with Crippen molar-refractivity contribution in [2.75, 3.05) is 11.9 Å². The molecule has 4 heteroatoms. The highest BCUT2D eigenvalue weighted by molar-refractivity contribution is 6.05. The van der Waals surface area contributed by atoms with Crippen molar-refractivity contribution in [1.82, 2.24) is 0 Å². The predicted molar refractivity (Wildman–Crippen MR) is 72.0 cm³/mol. The Hall–Kier alpha value is -2.36. The van der Waals surface area contributed by atoms with Gasteiger partial charge in [0.15, 0.2) is 0 Å². The highest BCUT2D eigenvalue weighted by Gasteiger charge is 2.09. The quantitative estimate of drug-likeness (QED) is 0.912. The van der Waals surface area contributed by atoms with E-state index in [2.05, 4.69) is 5.32 Å². The van der Waals surface area contributed by atoms with Crippen molar-refractivity contribution in [3.63, 3.8) is 0 Å². The SMILES string of the molecule is CCOc1ccccc1NC(=O)c1cccc(F)c1. The second kappa shape index (κ2) is 6.00. The molecule has 2 aromatic carbocycles. The molecule has 0 bridgehead atoms. The van der Waals surface area contributed by atoms with Gasteiger partial charge in [-0.25, -0.2) is 4.39 Å². The van der Waals surface area contributed by atoms with Crippen LogP contribution in [-0.2, 0) is 0 Å². The minimum Gasteiger partial charge on any atom is -0.492 e. The maximum atomic E-state index is 13.1. The maximum Gasteiger partial charge on any atom is 0.255 e. The fourth-order valence-electron chi connectivity index (χ4n) is 1.68. The van der Waals surface area contributed by atoms with Crippen LogP contribution in [0.2, 0.25) is 0 Å². The molecule has 0 aliphatic rings. The van der Waals surface area contributed by atoms with E-state index in [0.717, 1.165) is 0 Å². The number of carbonyl (C=O) groups is 1. The number of halogens is 1. The van der Waals surface area contributed by atoms with Crippen LogP contribution in [0.3, 0.4) is 0 Å². The molecule has 1 N–H and O–H groups in total. The Morgan fingerprint density at radius 1 is 1.21 bits per heavy atom. The normalized spacial score (nSPS) is 10.0. The summed E-state index contributed by atoms with van der Waals surface area (Å²) in [5.41, 5.74) is 0.838. The summed E-state index contributed by atoms with van der Waals surface area (Å²) in [6.07, 6.45) is 0. The maximum absolute atomic E-state index is 13.1. The predicted octanol–water partition coefficient (Wildman–Crippen LogP) is 3.48. The third-order valence-corrected chi connectivity index (χ3v) is 2.52. The Kier molecular flexibility index (Phi) is 4.13. The first kappa shape index (κ1) is 13.1. The fraction of sp³-hybridized carbons (Fsp3) is 0.133. The molecule has 0 atom stereocenters. The van der Waals surface area contributed by atoms with Gasteiger partial charge in [0, 0.05) is 5.56 Å². The second-order valence-electron chi connectivity index (χ2n) is 3.89. The number of rotatable bonds is 4. The first-order valence-electron chi connectivity index (χ1n) is 5.99. The highest BCUT2D eigenvalue weighted by atomic mass is 19.1. The van der Waals surface area contributed by atoms with Crippen LogP contribution in [0.1, 0.15) is 17.3 Å². The highest BCUT2D eigenvalue weighted by Crippen LogP contribution is 2.24. The van der Waals surface area contributed by atoms with Gasteiger partial charge >= 0.3 is 0 Å². The zero-order valence-electron chi connectivity index (χ0n) is 10.5. The van der Waals surface area contributed by atoms with Crippen molar-refractivity contribution in [3.8, 4) is 5.75 Å². The standard InChI is InChI=1S/C15H14FNO2/c1-2-19-14-9-4-3-8-13(14)17-15(18)11-6-5-7-12(16)10-11/h3-10H,2H2,1H3,(H,17,18). The van der Waals surface area contributed by atoms with Crippen LogP contribution in [0.5, 0.6) is 5.75 Å². The third kappa shape index (κ3) is 3.31. The summed E-state index contributed by atoms with van der Waals surface area (Å²) in [5, 5.41) is 2.71. The molecule has 0 saturated carbocycles. The molecule has 0 radical (unpaired) electrons. The summed E-state index contributed by atoms with van der Waals surface area (Å²) in [5.74, 6) is -0.216. The molecule has 0 aliphatic carbocycles. The lowest BCUT2D eigenvalue weighted by Gasteiger charge is -2.11. The Labute approximate surface area is 111 Å². The van der Waals surface area contributed by atoms with E-state index in [-0.39, 0.29) is 11.5 Å². The number of hydrogen-bond acceptors (Lipinski definition) is 2. The van der Waals surface area contributed by atoms with Gasteiger partial charge in [-0.15, -0.1) is 0 Å². The Morgan fingerprint density at radius 3 is 2.74 bits per heavy atom. The lowest BCUT2D eigenvalue weighted by atomic mass is 10.2. The molecule has 0 saturated heterocycles. The van der Waals surface area contributed by atoms with Gasteiger partial charge < -0.3 is 10.1 Å². The summed E-state index contributed by atoms with van der Waals surface area (Å²) < 4.78 is 18.5. The van der Waals surface area contributed by atoms with Crippen molar-refractivity contribution in [2.45, 2.75) is 6.92 Å². The van der Waals surface area contributed by atoms with Gasteiger partial charge in [-0.1, -0.05) is 18.2 Å². The molecular formula is C15H14FNO2. The number of benzene rings is 2. The minimum atomic E-state index is -0.439. The van der Waals surface area contributed by atoms with Crippen LogP contribution in [-0.4, -0.2) is 12.5 Å². The first-order valence-corrected chi connectivity index (χ1v) is 5.99. The van der Waals surface area contributed by atoms with Crippen LogP contribution >= 0.6 is 0 Å². The zero-order chi connectivity index (χ0) is 13.7.